The van der Waals surface area contributed by atoms with Crippen molar-refractivity contribution in [1.82, 2.24) is 14.5 Å². The summed E-state index contributed by atoms with van der Waals surface area (Å²) in [5, 5.41) is -0.202. The third kappa shape index (κ3) is 2.58. The van der Waals surface area contributed by atoms with E-state index in [1.807, 2.05) is 36.7 Å². The van der Waals surface area contributed by atoms with Crippen molar-refractivity contribution >= 4 is 38.7 Å². The van der Waals surface area contributed by atoms with Gasteiger partial charge in [-0.15, -0.1) is 11.6 Å². The van der Waals surface area contributed by atoms with E-state index in [0.717, 1.165) is 32.7 Å². The van der Waals surface area contributed by atoms with Crippen LogP contribution in [0.15, 0.2) is 34.9 Å². The van der Waals surface area contributed by atoms with Crippen LogP contribution in [-0.2, 0) is 0 Å². The Kier molecular flexibility index (Phi) is 3.76. The molecule has 0 spiro atoms. The number of aromatic nitrogens is 3. The van der Waals surface area contributed by atoms with E-state index >= 15 is 0 Å². The van der Waals surface area contributed by atoms with Gasteiger partial charge in [-0.1, -0.05) is 6.07 Å². The van der Waals surface area contributed by atoms with Crippen LogP contribution in [0, 0.1) is 13.8 Å². The van der Waals surface area contributed by atoms with Crippen molar-refractivity contribution in [3.63, 3.8) is 0 Å². The Morgan fingerprint density at radius 2 is 1.95 bits per heavy atom. The Bertz CT molecular complexity index is 824. The topological polar surface area (TPSA) is 30.7 Å². The molecule has 0 bridgehead atoms. The minimum absolute atomic E-state index is 0.202. The van der Waals surface area contributed by atoms with Gasteiger partial charge in [0.2, 0.25) is 0 Å². The van der Waals surface area contributed by atoms with Crippen LogP contribution in [0.3, 0.4) is 0 Å². The van der Waals surface area contributed by atoms with Gasteiger partial charge in [0.15, 0.2) is 5.65 Å². The summed E-state index contributed by atoms with van der Waals surface area (Å²) in [5.41, 5.74) is 4.97. The van der Waals surface area contributed by atoms with Crippen LogP contribution in [0.4, 0.5) is 0 Å². The molecule has 0 amide bonds. The number of pyridine rings is 1. The average molecular weight is 365 g/mol. The molecule has 3 rings (SSSR count). The molecule has 1 atom stereocenters. The van der Waals surface area contributed by atoms with Crippen molar-refractivity contribution in [3.05, 3.63) is 51.9 Å². The summed E-state index contributed by atoms with van der Waals surface area (Å²) in [6, 6.07) is 8.24. The number of benzene rings is 1. The van der Waals surface area contributed by atoms with Gasteiger partial charge in [0, 0.05) is 10.7 Å². The molecule has 3 nitrogen and oxygen atoms in total. The van der Waals surface area contributed by atoms with Gasteiger partial charge in [0.1, 0.15) is 11.3 Å². The van der Waals surface area contributed by atoms with Crippen molar-refractivity contribution in [2.75, 3.05) is 0 Å². The molecule has 0 saturated carbocycles. The molecule has 2 aromatic heterocycles. The van der Waals surface area contributed by atoms with Crippen LogP contribution in [0.25, 0.3) is 16.9 Å². The smallest absolute Gasteiger partial charge is 0.164 e. The molecule has 0 N–H and O–H groups in total. The van der Waals surface area contributed by atoms with Crippen LogP contribution in [0.2, 0.25) is 0 Å². The summed E-state index contributed by atoms with van der Waals surface area (Å²) in [4.78, 5) is 9.22. The molecule has 0 fully saturated rings. The zero-order chi connectivity index (χ0) is 15.1. The Labute approximate surface area is 137 Å². The summed E-state index contributed by atoms with van der Waals surface area (Å²) >= 11 is 9.95. The second-order valence-electron chi connectivity index (χ2n) is 5.23. The van der Waals surface area contributed by atoms with Crippen molar-refractivity contribution < 1.29 is 0 Å². The van der Waals surface area contributed by atoms with E-state index in [0.29, 0.717) is 0 Å². The fourth-order valence-corrected chi connectivity index (χ4v) is 2.95. The van der Waals surface area contributed by atoms with Crippen LogP contribution >= 0.6 is 27.5 Å². The Morgan fingerprint density at radius 3 is 2.67 bits per heavy atom. The summed E-state index contributed by atoms with van der Waals surface area (Å²) in [6.45, 7) is 6.00. The SMILES string of the molecule is Cc1ccc(Br)c(-n2c(C(C)Cl)nc3cc(C)cnc32)c1. The molecule has 108 valence electrons. The van der Waals surface area contributed by atoms with Crippen LogP contribution in [0.1, 0.15) is 29.3 Å². The molecular weight excluding hydrogens is 350 g/mol. The first-order valence-electron chi connectivity index (χ1n) is 6.73. The van der Waals surface area contributed by atoms with Crippen molar-refractivity contribution in [1.29, 1.82) is 0 Å². The van der Waals surface area contributed by atoms with Gasteiger partial charge in [-0.05, 0) is 66.0 Å². The van der Waals surface area contributed by atoms with E-state index in [1.165, 1.54) is 5.56 Å². The zero-order valence-corrected chi connectivity index (χ0v) is 14.4. The third-order valence-electron chi connectivity index (χ3n) is 3.36. The lowest BCUT2D eigenvalue weighted by Gasteiger charge is -2.12. The predicted octanol–water partition coefficient (Wildman–Crippen LogP) is 5.10. The lowest BCUT2D eigenvalue weighted by Crippen LogP contribution is -2.04. The molecule has 5 heteroatoms. The van der Waals surface area contributed by atoms with Crippen LogP contribution in [0.5, 0.6) is 0 Å². The first-order chi connectivity index (χ1) is 9.97. The summed E-state index contributed by atoms with van der Waals surface area (Å²) in [6.07, 6.45) is 1.85. The largest absolute Gasteiger partial charge is 0.278 e. The number of hydrogen-bond donors (Lipinski definition) is 0. The number of imidazole rings is 1. The highest BCUT2D eigenvalue weighted by atomic mass is 79.9. The molecule has 21 heavy (non-hydrogen) atoms. The lowest BCUT2D eigenvalue weighted by atomic mass is 10.2. The average Bonchev–Trinajstić information content (AvgIpc) is 2.80. The molecule has 0 aliphatic heterocycles. The highest BCUT2D eigenvalue weighted by Gasteiger charge is 2.19. The number of nitrogens with zero attached hydrogens (tertiary/aromatic N) is 3. The highest BCUT2D eigenvalue weighted by molar-refractivity contribution is 9.10. The number of fused-ring (bicyclic) bond motifs is 1. The zero-order valence-electron chi connectivity index (χ0n) is 12.1. The normalized spacial score (nSPS) is 12.8. The maximum Gasteiger partial charge on any atom is 0.164 e. The maximum atomic E-state index is 6.34. The second kappa shape index (κ2) is 5.43. The van der Waals surface area contributed by atoms with E-state index < -0.39 is 0 Å². The number of hydrogen-bond acceptors (Lipinski definition) is 2. The van der Waals surface area contributed by atoms with Gasteiger partial charge >= 0.3 is 0 Å². The first kappa shape index (κ1) is 14.5. The fourth-order valence-electron chi connectivity index (χ4n) is 2.38. The summed E-state index contributed by atoms with van der Waals surface area (Å²) < 4.78 is 3.03. The van der Waals surface area contributed by atoms with Gasteiger partial charge in [-0.25, -0.2) is 9.97 Å². The molecule has 1 aromatic carbocycles. The van der Waals surface area contributed by atoms with Crippen LogP contribution < -0.4 is 0 Å². The highest BCUT2D eigenvalue weighted by Crippen LogP contribution is 2.31. The van der Waals surface area contributed by atoms with E-state index in [-0.39, 0.29) is 5.38 Å². The standard InChI is InChI=1S/C16H15BrClN3/c1-9-4-5-12(17)14(7-9)21-15(11(3)18)20-13-6-10(2)8-19-16(13)21/h4-8,11H,1-3H3. The van der Waals surface area contributed by atoms with Crippen LogP contribution in [-0.4, -0.2) is 14.5 Å². The lowest BCUT2D eigenvalue weighted by molar-refractivity contribution is 0.874. The van der Waals surface area contributed by atoms with Gasteiger partial charge in [-0.2, -0.15) is 0 Å². The number of halogens is 2. The number of aryl methyl sites for hydroxylation is 2. The molecule has 0 aliphatic rings. The van der Waals surface area contributed by atoms with Crippen molar-refractivity contribution in [2.45, 2.75) is 26.1 Å². The van der Waals surface area contributed by atoms with Gasteiger partial charge in [0.05, 0.1) is 11.1 Å². The molecule has 2 heterocycles. The monoisotopic (exact) mass is 363 g/mol. The van der Waals surface area contributed by atoms with Crippen molar-refractivity contribution in [2.24, 2.45) is 0 Å². The third-order valence-corrected chi connectivity index (χ3v) is 4.22. The fraction of sp³-hybridized carbons (Fsp3) is 0.250. The van der Waals surface area contributed by atoms with E-state index in [4.69, 9.17) is 11.6 Å². The molecular formula is C16H15BrClN3. The van der Waals surface area contributed by atoms with E-state index in [2.05, 4.69) is 45.0 Å². The Hall–Kier alpha value is -1.39. The minimum Gasteiger partial charge on any atom is -0.278 e. The number of rotatable bonds is 2. The predicted molar refractivity (Wildman–Crippen MR) is 90.3 cm³/mol. The quantitative estimate of drug-likeness (QED) is 0.592. The Morgan fingerprint density at radius 1 is 1.19 bits per heavy atom. The van der Waals surface area contributed by atoms with E-state index in [1.54, 1.807) is 0 Å². The second-order valence-corrected chi connectivity index (χ2v) is 6.74. The Balaban J connectivity index is 2.39. The maximum absolute atomic E-state index is 6.34. The van der Waals surface area contributed by atoms with Gasteiger partial charge < -0.3 is 0 Å². The molecule has 0 saturated heterocycles. The summed E-state index contributed by atoms with van der Waals surface area (Å²) in [7, 11) is 0. The van der Waals surface area contributed by atoms with Crippen molar-refractivity contribution in [3.8, 4) is 5.69 Å². The first-order valence-corrected chi connectivity index (χ1v) is 7.96. The van der Waals surface area contributed by atoms with E-state index in [9.17, 15) is 0 Å². The van der Waals surface area contributed by atoms with Gasteiger partial charge in [0.25, 0.3) is 0 Å². The summed E-state index contributed by atoms with van der Waals surface area (Å²) in [5.74, 6) is 0.802. The molecule has 0 aliphatic carbocycles. The number of alkyl halides is 1. The molecule has 3 aromatic rings. The van der Waals surface area contributed by atoms with Gasteiger partial charge in [-0.3, -0.25) is 4.57 Å². The molecule has 0 radical (unpaired) electrons. The minimum atomic E-state index is -0.202. The molecule has 1 unspecified atom stereocenters.